The van der Waals surface area contributed by atoms with E-state index in [1.54, 1.807) is 0 Å². The van der Waals surface area contributed by atoms with Gasteiger partial charge >= 0.3 is 12.0 Å². The molecule has 0 unspecified atom stereocenters. The van der Waals surface area contributed by atoms with Crippen LogP contribution in [0.1, 0.15) is 30.4 Å². The SMILES string of the molecule is COC(=O)CCN1CCC(N2CCN(c3ccc4c(c3)CCN(C)CC4)C2=O)CC1. The number of esters is 1. The third-order valence-electron chi connectivity index (χ3n) is 6.93. The number of likely N-dealkylation sites (tertiary alicyclic amines) is 1. The van der Waals surface area contributed by atoms with E-state index in [0.29, 0.717) is 12.5 Å². The van der Waals surface area contributed by atoms with Crippen molar-refractivity contribution in [3.05, 3.63) is 29.3 Å². The van der Waals surface area contributed by atoms with E-state index in [1.807, 2.05) is 4.90 Å². The van der Waals surface area contributed by atoms with Crippen molar-refractivity contribution in [3.63, 3.8) is 0 Å². The Balaban J connectivity index is 1.34. The molecule has 3 aliphatic heterocycles. The number of anilines is 1. The predicted octanol–water partition coefficient (Wildman–Crippen LogP) is 1.99. The van der Waals surface area contributed by atoms with Gasteiger partial charge in [-0.25, -0.2) is 4.79 Å². The van der Waals surface area contributed by atoms with E-state index in [-0.39, 0.29) is 12.0 Å². The molecule has 1 aromatic carbocycles. The summed E-state index contributed by atoms with van der Waals surface area (Å²) in [7, 11) is 3.61. The number of fused-ring (bicyclic) bond motifs is 1. The number of methoxy groups -OCH3 is 1. The summed E-state index contributed by atoms with van der Waals surface area (Å²) in [5, 5.41) is 0. The lowest BCUT2D eigenvalue weighted by molar-refractivity contribution is -0.141. The predicted molar refractivity (Wildman–Crippen MR) is 117 cm³/mol. The average Bonchev–Trinajstić information content (AvgIpc) is 3.05. The first kappa shape index (κ1) is 21.1. The Kier molecular flexibility index (Phi) is 6.58. The molecule has 0 radical (unpaired) electrons. The highest BCUT2D eigenvalue weighted by atomic mass is 16.5. The zero-order chi connectivity index (χ0) is 21.1. The van der Waals surface area contributed by atoms with Crippen molar-refractivity contribution in [1.82, 2.24) is 14.7 Å². The molecule has 1 aromatic rings. The van der Waals surface area contributed by atoms with E-state index in [9.17, 15) is 9.59 Å². The van der Waals surface area contributed by atoms with E-state index >= 15 is 0 Å². The summed E-state index contributed by atoms with van der Waals surface area (Å²) in [6.45, 7) is 6.33. The van der Waals surface area contributed by atoms with Gasteiger partial charge in [0.2, 0.25) is 0 Å². The fourth-order valence-corrected chi connectivity index (χ4v) is 4.93. The van der Waals surface area contributed by atoms with Gasteiger partial charge in [0.25, 0.3) is 0 Å². The highest BCUT2D eigenvalue weighted by Crippen LogP contribution is 2.28. The van der Waals surface area contributed by atoms with Crippen LogP contribution in [-0.4, -0.2) is 92.7 Å². The minimum atomic E-state index is -0.158. The molecule has 0 aliphatic carbocycles. The van der Waals surface area contributed by atoms with Crippen molar-refractivity contribution >= 4 is 17.7 Å². The number of carbonyl (C=O) groups is 2. The summed E-state index contributed by atoms with van der Waals surface area (Å²) in [5.74, 6) is -0.158. The van der Waals surface area contributed by atoms with Gasteiger partial charge in [-0.15, -0.1) is 0 Å². The molecule has 3 heterocycles. The lowest BCUT2D eigenvalue weighted by Crippen LogP contribution is -2.47. The van der Waals surface area contributed by atoms with Crippen LogP contribution >= 0.6 is 0 Å². The highest BCUT2D eigenvalue weighted by molar-refractivity contribution is 5.94. The van der Waals surface area contributed by atoms with Crippen molar-refractivity contribution < 1.29 is 14.3 Å². The molecule has 3 aliphatic rings. The Bertz CT molecular complexity index is 776. The van der Waals surface area contributed by atoms with Crippen molar-refractivity contribution in [2.24, 2.45) is 0 Å². The number of hydrogen-bond acceptors (Lipinski definition) is 5. The van der Waals surface area contributed by atoms with Crippen LogP contribution in [0.2, 0.25) is 0 Å². The van der Waals surface area contributed by atoms with E-state index < -0.39 is 0 Å². The fraction of sp³-hybridized carbons (Fsp3) is 0.652. The maximum atomic E-state index is 13.2. The molecule has 2 saturated heterocycles. The van der Waals surface area contributed by atoms with Crippen LogP contribution < -0.4 is 4.90 Å². The quantitative estimate of drug-likeness (QED) is 0.690. The second-order valence-corrected chi connectivity index (χ2v) is 8.78. The normalized spacial score (nSPS) is 21.6. The van der Waals surface area contributed by atoms with Crippen molar-refractivity contribution in [3.8, 4) is 0 Å². The molecule has 2 fully saturated rings. The number of rotatable bonds is 5. The van der Waals surface area contributed by atoms with E-state index in [2.05, 4.69) is 39.9 Å². The van der Waals surface area contributed by atoms with Gasteiger partial charge in [-0.3, -0.25) is 9.69 Å². The molecular formula is C23H34N4O3. The minimum Gasteiger partial charge on any atom is -0.469 e. The molecule has 7 heteroatoms. The van der Waals surface area contributed by atoms with Crippen LogP contribution in [0, 0.1) is 0 Å². The molecule has 0 bridgehead atoms. The number of hydrogen-bond donors (Lipinski definition) is 0. The van der Waals surface area contributed by atoms with Gasteiger partial charge in [-0.1, -0.05) is 6.07 Å². The number of ether oxygens (including phenoxy) is 1. The van der Waals surface area contributed by atoms with Crippen molar-refractivity contribution in [1.29, 1.82) is 0 Å². The number of amides is 2. The third-order valence-corrected chi connectivity index (χ3v) is 6.93. The van der Waals surface area contributed by atoms with Crippen molar-refractivity contribution in [2.75, 3.05) is 64.9 Å². The first-order valence-corrected chi connectivity index (χ1v) is 11.2. The first-order chi connectivity index (χ1) is 14.5. The largest absolute Gasteiger partial charge is 0.469 e. The molecule has 0 spiro atoms. The van der Waals surface area contributed by atoms with Crippen LogP contribution in [0.25, 0.3) is 0 Å². The van der Waals surface area contributed by atoms with Gasteiger partial charge in [0.1, 0.15) is 0 Å². The first-order valence-electron chi connectivity index (χ1n) is 11.2. The van der Waals surface area contributed by atoms with E-state index in [4.69, 9.17) is 4.74 Å². The second-order valence-electron chi connectivity index (χ2n) is 8.78. The van der Waals surface area contributed by atoms with Crippen molar-refractivity contribution in [2.45, 2.75) is 38.1 Å². The zero-order valence-corrected chi connectivity index (χ0v) is 18.3. The number of likely N-dealkylation sites (N-methyl/N-ethyl adjacent to an activating group) is 1. The molecule has 164 valence electrons. The molecule has 0 saturated carbocycles. The Morgan fingerprint density at radius 1 is 1.03 bits per heavy atom. The van der Waals surface area contributed by atoms with Gasteiger partial charge < -0.3 is 19.4 Å². The Morgan fingerprint density at radius 3 is 2.50 bits per heavy atom. The van der Waals surface area contributed by atoms with Crippen LogP contribution in [0.3, 0.4) is 0 Å². The van der Waals surface area contributed by atoms with Gasteiger partial charge in [-0.2, -0.15) is 0 Å². The maximum Gasteiger partial charge on any atom is 0.324 e. The van der Waals surface area contributed by atoms with Crippen LogP contribution in [0.4, 0.5) is 10.5 Å². The Morgan fingerprint density at radius 2 is 1.77 bits per heavy atom. The fourth-order valence-electron chi connectivity index (χ4n) is 4.93. The minimum absolute atomic E-state index is 0.147. The third kappa shape index (κ3) is 4.62. The van der Waals surface area contributed by atoms with Gasteiger partial charge in [0.15, 0.2) is 0 Å². The van der Waals surface area contributed by atoms with Gasteiger partial charge in [0, 0.05) is 57.5 Å². The summed E-state index contributed by atoms with van der Waals surface area (Å²) in [5.41, 5.74) is 3.86. The molecule has 0 aromatic heterocycles. The topological polar surface area (TPSA) is 56.3 Å². The Labute approximate surface area is 179 Å². The summed E-state index contributed by atoms with van der Waals surface area (Å²) in [6.07, 6.45) is 4.51. The average molecular weight is 415 g/mol. The molecule has 0 atom stereocenters. The summed E-state index contributed by atoms with van der Waals surface area (Å²) < 4.78 is 4.73. The number of benzene rings is 1. The molecule has 2 amide bonds. The Hall–Kier alpha value is -2.12. The van der Waals surface area contributed by atoms with Crippen LogP contribution in [0.5, 0.6) is 0 Å². The van der Waals surface area contributed by atoms with Gasteiger partial charge in [0.05, 0.1) is 13.5 Å². The van der Waals surface area contributed by atoms with Crippen LogP contribution in [-0.2, 0) is 22.4 Å². The molecule has 30 heavy (non-hydrogen) atoms. The standard InChI is InChI=1S/C23H34N4O3/c1-24-10-5-18-3-4-21(17-19(18)6-11-24)27-16-15-26(23(27)29)20-7-12-25(13-8-20)14-9-22(28)30-2/h3-4,17,20H,5-16H2,1-2H3. The lowest BCUT2D eigenvalue weighted by Gasteiger charge is -2.36. The smallest absolute Gasteiger partial charge is 0.324 e. The second kappa shape index (κ2) is 9.35. The molecular weight excluding hydrogens is 380 g/mol. The summed E-state index contributed by atoms with van der Waals surface area (Å²) in [6, 6.07) is 7.03. The summed E-state index contributed by atoms with van der Waals surface area (Å²) in [4.78, 5) is 33.3. The highest BCUT2D eigenvalue weighted by Gasteiger charge is 2.36. The lowest BCUT2D eigenvalue weighted by atomic mass is 10.0. The maximum absolute atomic E-state index is 13.2. The molecule has 7 nitrogen and oxygen atoms in total. The number of piperidine rings is 1. The van der Waals surface area contributed by atoms with E-state index in [1.165, 1.54) is 18.2 Å². The number of carbonyl (C=O) groups excluding carboxylic acids is 2. The number of nitrogens with zero attached hydrogens (tertiary/aromatic N) is 4. The van der Waals surface area contributed by atoms with Gasteiger partial charge in [-0.05, 0) is 56.0 Å². The number of urea groups is 1. The zero-order valence-electron chi connectivity index (χ0n) is 18.3. The summed E-state index contributed by atoms with van der Waals surface area (Å²) >= 11 is 0. The van der Waals surface area contributed by atoms with Crippen LogP contribution in [0.15, 0.2) is 18.2 Å². The molecule has 0 N–H and O–H groups in total. The van der Waals surface area contributed by atoms with E-state index in [0.717, 1.165) is 77.2 Å². The monoisotopic (exact) mass is 414 g/mol. The molecule has 4 rings (SSSR count).